The highest BCUT2D eigenvalue weighted by Gasteiger charge is 2.27. The van der Waals surface area contributed by atoms with E-state index in [1.807, 2.05) is 12.1 Å². The van der Waals surface area contributed by atoms with Crippen LogP contribution in [0.1, 0.15) is 12.8 Å². The van der Waals surface area contributed by atoms with Crippen molar-refractivity contribution in [3.8, 4) is 5.75 Å². The molecule has 5 rings (SSSR count). The van der Waals surface area contributed by atoms with E-state index in [0.717, 1.165) is 63.5 Å². The molecule has 0 aliphatic carbocycles. The zero-order valence-corrected chi connectivity index (χ0v) is 23.1. The van der Waals surface area contributed by atoms with Crippen LogP contribution in [0.5, 0.6) is 5.75 Å². The highest BCUT2D eigenvalue weighted by atomic mass is 35.5. The van der Waals surface area contributed by atoms with Gasteiger partial charge in [0.2, 0.25) is 5.95 Å². The Hall–Kier alpha value is -3.09. The van der Waals surface area contributed by atoms with Gasteiger partial charge in [0.15, 0.2) is 5.82 Å². The third-order valence-corrected chi connectivity index (χ3v) is 7.83. The van der Waals surface area contributed by atoms with Crippen molar-refractivity contribution in [1.29, 1.82) is 0 Å². The Balaban J connectivity index is 1.26. The number of nitrogens with zero attached hydrogens (tertiary/aromatic N) is 5. The second-order valence-corrected chi connectivity index (χ2v) is 10.5. The van der Waals surface area contributed by atoms with E-state index in [9.17, 15) is 10.0 Å². The number of para-hydroxylation sites is 1. The number of aromatic nitrogens is 2. The first kappa shape index (κ1) is 27.5. The third kappa shape index (κ3) is 6.56. The van der Waals surface area contributed by atoms with Gasteiger partial charge in [0.1, 0.15) is 10.8 Å². The van der Waals surface area contributed by atoms with Crippen molar-refractivity contribution in [2.75, 3.05) is 69.0 Å². The van der Waals surface area contributed by atoms with Gasteiger partial charge in [0.05, 0.1) is 19.0 Å². The number of piperidine rings is 1. The van der Waals surface area contributed by atoms with Gasteiger partial charge in [-0.05, 0) is 38.1 Å². The van der Waals surface area contributed by atoms with Gasteiger partial charge < -0.3 is 35.2 Å². The molecule has 2 aliphatic heterocycles. The number of methoxy groups -OCH3 is 1. The summed E-state index contributed by atoms with van der Waals surface area (Å²) in [5, 5.41) is 25.9. The molecule has 0 radical (unpaired) electrons. The van der Waals surface area contributed by atoms with Gasteiger partial charge in [-0.2, -0.15) is 4.98 Å². The molecule has 4 N–H and O–H groups in total. The first-order valence-corrected chi connectivity index (χ1v) is 13.7. The van der Waals surface area contributed by atoms with Crippen molar-refractivity contribution < 1.29 is 14.8 Å². The summed E-state index contributed by atoms with van der Waals surface area (Å²) in [5.74, 6) is 1.35. The summed E-state index contributed by atoms with van der Waals surface area (Å²) in [6, 6.07) is 13.6. The van der Waals surface area contributed by atoms with E-state index in [-0.39, 0.29) is 0 Å². The average Bonchev–Trinajstić information content (AvgIpc) is 2.96. The smallest absolute Gasteiger partial charge is 0.490 e. The van der Waals surface area contributed by atoms with E-state index in [4.69, 9.17) is 16.3 Å². The fourth-order valence-electron chi connectivity index (χ4n) is 5.26. The highest BCUT2D eigenvalue weighted by molar-refractivity contribution is 6.60. The monoisotopic (exact) mass is 551 g/mol. The van der Waals surface area contributed by atoms with Gasteiger partial charge in [0.25, 0.3) is 0 Å². The van der Waals surface area contributed by atoms with Gasteiger partial charge in [-0.15, -0.1) is 0 Å². The molecular weight excluding hydrogens is 517 g/mol. The molecule has 1 aromatic heterocycles. The summed E-state index contributed by atoms with van der Waals surface area (Å²) in [6.07, 6.45) is 3.82. The predicted molar refractivity (Wildman–Crippen MR) is 157 cm³/mol. The largest absolute Gasteiger partial charge is 0.494 e. The zero-order valence-electron chi connectivity index (χ0n) is 22.3. The van der Waals surface area contributed by atoms with E-state index in [1.165, 1.54) is 6.20 Å². The summed E-state index contributed by atoms with van der Waals surface area (Å²) in [4.78, 5) is 16.3. The lowest BCUT2D eigenvalue weighted by atomic mass is 9.79. The molecule has 0 unspecified atom stereocenters. The van der Waals surface area contributed by atoms with Crippen LogP contribution >= 0.6 is 11.6 Å². The number of nitrogens with one attached hydrogen (secondary N) is 2. The van der Waals surface area contributed by atoms with Crippen LogP contribution in [0.25, 0.3) is 0 Å². The van der Waals surface area contributed by atoms with Crippen LogP contribution in [0.3, 0.4) is 0 Å². The molecule has 3 aromatic rings. The fourth-order valence-corrected chi connectivity index (χ4v) is 5.39. The Labute approximate surface area is 234 Å². The van der Waals surface area contributed by atoms with Crippen LogP contribution in [0.2, 0.25) is 5.02 Å². The SMILES string of the molecule is COc1cc(N2CCC(N3CCN(C)CC3)CC2)ccc1Nc1ncc(Cl)c(Nc2ccccc2B(O)O)n1. The van der Waals surface area contributed by atoms with Crippen LogP contribution in [0, 0.1) is 0 Å². The summed E-state index contributed by atoms with van der Waals surface area (Å²) < 4.78 is 5.71. The molecule has 3 heterocycles. The van der Waals surface area contributed by atoms with Crippen LogP contribution in [0.15, 0.2) is 48.7 Å². The number of halogens is 1. The number of benzene rings is 2. The van der Waals surface area contributed by atoms with Crippen LogP contribution in [-0.4, -0.2) is 96.4 Å². The molecule has 39 heavy (non-hydrogen) atoms. The first-order valence-electron chi connectivity index (χ1n) is 13.3. The second kappa shape index (κ2) is 12.4. The molecule has 0 atom stereocenters. The number of piperazine rings is 1. The normalized spacial score (nSPS) is 17.2. The summed E-state index contributed by atoms with van der Waals surface area (Å²) in [5.41, 5.74) is 2.66. The minimum atomic E-state index is -1.63. The summed E-state index contributed by atoms with van der Waals surface area (Å²) in [7, 11) is 2.22. The molecule has 0 saturated carbocycles. The molecule has 0 amide bonds. The first-order chi connectivity index (χ1) is 18.9. The molecular formula is C27H35BClN7O3. The second-order valence-electron chi connectivity index (χ2n) is 10.0. The van der Waals surface area contributed by atoms with E-state index in [0.29, 0.717) is 39.7 Å². The lowest BCUT2D eigenvalue weighted by Crippen LogP contribution is -2.52. The number of hydrogen-bond donors (Lipinski definition) is 4. The maximum absolute atomic E-state index is 9.67. The van der Waals surface area contributed by atoms with Crippen molar-refractivity contribution >= 4 is 53.0 Å². The Morgan fingerprint density at radius 1 is 0.974 bits per heavy atom. The van der Waals surface area contributed by atoms with Gasteiger partial charge in [-0.1, -0.05) is 29.8 Å². The molecule has 2 fully saturated rings. The topological polar surface area (TPSA) is 109 Å². The standard InChI is InChI=1S/C27H35BClN7O3/c1-34-13-15-36(16-14-34)19-9-11-35(12-10-19)20-7-8-24(25(17-20)39-2)32-27-30-18-22(29)26(33-27)31-23-6-4-3-5-21(23)28(37)38/h3-8,17-19,37-38H,9-16H2,1-2H3,(H2,30,31,32,33). The lowest BCUT2D eigenvalue weighted by Gasteiger charge is -2.42. The summed E-state index contributed by atoms with van der Waals surface area (Å²) >= 11 is 6.34. The predicted octanol–water partition coefficient (Wildman–Crippen LogP) is 2.52. The number of anilines is 5. The van der Waals surface area contributed by atoms with Gasteiger partial charge >= 0.3 is 7.12 Å². The van der Waals surface area contributed by atoms with E-state index < -0.39 is 7.12 Å². The molecule has 2 saturated heterocycles. The Bertz CT molecular complexity index is 1270. The zero-order chi connectivity index (χ0) is 27.4. The molecule has 0 bridgehead atoms. The molecule has 10 nitrogen and oxygen atoms in total. The minimum Gasteiger partial charge on any atom is -0.494 e. The van der Waals surface area contributed by atoms with E-state index >= 15 is 0 Å². The van der Waals surface area contributed by atoms with Gasteiger partial charge in [-0.25, -0.2) is 4.98 Å². The number of ether oxygens (including phenoxy) is 1. The van der Waals surface area contributed by atoms with Crippen molar-refractivity contribution in [3.63, 3.8) is 0 Å². The number of rotatable bonds is 8. The lowest BCUT2D eigenvalue weighted by molar-refractivity contribution is 0.0982. The molecule has 2 aliphatic rings. The quantitative estimate of drug-likeness (QED) is 0.312. The van der Waals surface area contributed by atoms with Crippen LogP contribution < -0.4 is 25.7 Å². The van der Waals surface area contributed by atoms with E-state index in [2.05, 4.69) is 48.4 Å². The van der Waals surface area contributed by atoms with Crippen LogP contribution in [0.4, 0.5) is 28.8 Å². The fraction of sp³-hybridized carbons (Fsp3) is 0.407. The highest BCUT2D eigenvalue weighted by Crippen LogP contribution is 2.34. The van der Waals surface area contributed by atoms with Gasteiger partial charge in [-0.3, -0.25) is 4.90 Å². The third-order valence-electron chi connectivity index (χ3n) is 7.55. The molecule has 0 spiro atoms. The molecule has 12 heteroatoms. The van der Waals surface area contributed by atoms with Crippen molar-refractivity contribution in [3.05, 3.63) is 53.7 Å². The Morgan fingerprint density at radius 2 is 1.72 bits per heavy atom. The summed E-state index contributed by atoms with van der Waals surface area (Å²) in [6.45, 7) is 6.67. The molecule has 206 valence electrons. The van der Waals surface area contributed by atoms with Crippen molar-refractivity contribution in [1.82, 2.24) is 19.8 Å². The Morgan fingerprint density at radius 3 is 2.44 bits per heavy atom. The maximum atomic E-state index is 9.67. The van der Waals surface area contributed by atoms with E-state index in [1.54, 1.807) is 31.4 Å². The maximum Gasteiger partial charge on any atom is 0.490 e. The van der Waals surface area contributed by atoms with Crippen LogP contribution in [-0.2, 0) is 0 Å². The molecule has 2 aromatic carbocycles. The van der Waals surface area contributed by atoms with Gasteiger partial charge in [0, 0.05) is 68.2 Å². The van der Waals surface area contributed by atoms with Crippen molar-refractivity contribution in [2.45, 2.75) is 18.9 Å². The number of likely N-dealkylation sites (N-methyl/N-ethyl adjacent to an activating group) is 1. The minimum absolute atomic E-state index is 0.296. The number of hydrogen-bond acceptors (Lipinski definition) is 10. The average molecular weight is 552 g/mol. The Kier molecular flexibility index (Phi) is 8.74. The van der Waals surface area contributed by atoms with Crippen molar-refractivity contribution in [2.24, 2.45) is 0 Å².